The van der Waals surface area contributed by atoms with Gasteiger partial charge in [-0.3, -0.25) is 14.6 Å². The topological polar surface area (TPSA) is 101 Å². The summed E-state index contributed by atoms with van der Waals surface area (Å²) in [6.07, 6.45) is 8.23. The fourth-order valence-corrected chi connectivity index (χ4v) is 2.71. The predicted molar refractivity (Wildman–Crippen MR) is 90.7 cm³/mol. The Bertz CT molecular complexity index is 630. The lowest BCUT2D eigenvalue weighted by Crippen LogP contribution is -2.49. The molecule has 2 amide bonds. The van der Waals surface area contributed by atoms with E-state index in [0.29, 0.717) is 11.5 Å². The summed E-state index contributed by atoms with van der Waals surface area (Å²) in [6.45, 7) is 0.481. The summed E-state index contributed by atoms with van der Waals surface area (Å²) in [5, 5.41) is 15.3. The molecule has 1 fully saturated rings. The second kappa shape index (κ2) is 8.22. The molecule has 1 aromatic heterocycles. The van der Waals surface area contributed by atoms with Crippen LogP contribution in [0.4, 0.5) is 0 Å². The van der Waals surface area contributed by atoms with Crippen molar-refractivity contribution in [3.05, 3.63) is 42.2 Å². The number of aliphatic hydroxyl groups excluding tert-OH is 1. The number of rotatable bonds is 7. The number of amides is 2. The number of carbonyl (C=O) groups excluding carboxylic acids is 2. The van der Waals surface area contributed by atoms with Crippen LogP contribution in [0.25, 0.3) is 0 Å². The molecule has 0 aromatic carbocycles. The van der Waals surface area contributed by atoms with E-state index in [4.69, 9.17) is 4.74 Å². The Kier molecular flexibility index (Phi) is 5.78. The largest absolute Gasteiger partial charge is 0.394 e. The van der Waals surface area contributed by atoms with E-state index >= 15 is 0 Å². The molecule has 7 heteroatoms. The Labute approximate surface area is 146 Å². The lowest BCUT2D eigenvalue weighted by atomic mass is 10.0. The number of nitrogens with zero attached hydrogens (tertiary/aromatic N) is 1. The van der Waals surface area contributed by atoms with Crippen molar-refractivity contribution in [1.82, 2.24) is 15.6 Å². The zero-order valence-electron chi connectivity index (χ0n) is 13.9. The molecule has 2 aliphatic rings. The fourth-order valence-electron chi connectivity index (χ4n) is 2.71. The van der Waals surface area contributed by atoms with Crippen molar-refractivity contribution >= 4 is 11.8 Å². The molecule has 0 spiro atoms. The standard InChI is InChI=1S/C18H23N3O4/c22-11-16-15(21-18(24)13-5-7-19-8-6-13)4-3-14(25-16)9-17(23)20-10-12-1-2-12/h3-8,12,14-16,22H,1-2,9-11H2,(H,20,23)(H,21,24)/t14-,15-,16+/m1/s1. The highest BCUT2D eigenvalue weighted by atomic mass is 16.5. The van der Waals surface area contributed by atoms with Crippen molar-refractivity contribution in [3.8, 4) is 0 Å². The number of nitrogens with one attached hydrogen (secondary N) is 2. The maximum absolute atomic E-state index is 12.2. The number of ether oxygens (including phenoxy) is 1. The number of pyridine rings is 1. The van der Waals surface area contributed by atoms with E-state index in [0.717, 1.165) is 6.54 Å². The lowest BCUT2D eigenvalue weighted by molar-refractivity contribution is -0.125. The first-order valence-corrected chi connectivity index (χ1v) is 8.58. The average Bonchev–Trinajstić information content (AvgIpc) is 3.46. The second-order valence-electron chi connectivity index (χ2n) is 6.47. The minimum absolute atomic E-state index is 0.0579. The quantitative estimate of drug-likeness (QED) is 0.622. The minimum Gasteiger partial charge on any atom is -0.394 e. The summed E-state index contributed by atoms with van der Waals surface area (Å²) in [5.41, 5.74) is 0.488. The summed E-state index contributed by atoms with van der Waals surface area (Å²) in [6, 6.07) is 2.78. The summed E-state index contributed by atoms with van der Waals surface area (Å²) < 4.78 is 5.75. The van der Waals surface area contributed by atoms with Crippen molar-refractivity contribution in [2.75, 3.05) is 13.2 Å². The van der Waals surface area contributed by atoms with Crippen molar-refractivity contribution in [2.24, 2.45) is 5.92 Å². The van der Waals surface area contributed by atoms with Crippen LogP contribution in [0, 0.1) is 5.92 Å². The third-order valence-electron chi connectivity index (χ3n) is 4.37. The zero-order chi connectivity index (χ0) is 17.6. The molecule has 7 nitrogen and oxygen atoms in total. The monoisotopic (exact) mass is 345 g/mol. The number of aliphatic hydroxyl groups is 1. The van der Waals surface area contributed by atoms with Crippen LogP contribution < -0.4 is 10.6 Å². The average molecular weight is 345 g/mol. The van der Waals surface area contributed by atoms with Crippen molar-refractivity contribution in [1.29, 1.82) is 0 Å². The van der Waals surface area contributed by atoms with Gasteiger partial charge in [-0.1, -0.05) is 12.2 Å². The molecule has 0 radical (unpaired) electrons. The van der Waals surface area contributed by atoms with E-state index in [9.17, 15) is 14.7 Å². The Morgan fingerprint density at radius 2 is 2.00 bits per heavy atom. The van der Waals surface area contributed by atoms with Crippen LogP contribution >= 0.6 is 0 Å². The van der Waals surface area contributed by atoms with Gasteiger partial charge < -0.3 is 20.5 Å². The molecular formula is C18H23N3O4. The van der Waals surface area contributed by atoms with E-state index in [-0.39, 0.29) is 24.8 Å². The molecule has 134 valence electrons. The van der Waals surface area contributed by atoms with Gasteiger partial charge in [-0.25, -0.2) is 0 Å². The van der Waals surface area contributed by atoms with Gasteiger partial charge in [-0.05, 0) is 30.9 Å². The maximum atomic E-state index is 12.2. The maximum Gasteiger partial charge on any atom is 0.251 e. The second-order valence-corrected chi connectivity index (χ2v) is 6.47. The van der Waals surface area contributed by atoms with Crippen LogP contribution in [-0.2, 0) is 9.53 Å². The molecule has 2 heterocycles. The van der Waals surface area contributed by atoms with E-state index in [1.54, 1.807) is 36.7 Å². The van der Waals surface area contributed by atoms with Crippen LogP contribution in [0.1, 0.15) is 29.6 Å². The first-order valence-electron chi connectivity index (χ1n) is 8.58. The van der Waals surface area contributed by atoms with E-state index in [1.165, 1.54) is 12.8 Å². The lowest BCUT2D eigenvalue weighted by Gasteiger charge is -2.31. The van der Waals surface area contributed by atoms with E-state index in [1.807, 2.05) is 0 Å². The molecule has 1 aliphatic heterocycles. The van der Waals surface area contributed by atoms with Crippen molar-refractivity contribution < 1.29 is 19.4 Å². The van der Waals surface area contributed by atoms with Crippen LogP contribution in [0.2, 0.25) is 0 Å². The molecule has 0 saturated heterocycles. The Morgan fingerprint density at radius 3 is 2.68 bits per heavy atom. The van der Waals surface area contributed by atoms with Crippen molar-refractivity contribution in [2.45, 2.75) is 37.5 Å². The first kappa shape index (κ1) is 17.6. The number of hydrogen-bond donors (Lipinski definition) is 3. The number of hydrogen-bond acceptors (Lipinski definition) is 5. The van der Waals surface area contributed by atoms with Gasteiger partial charge in [0, 0.05) is 24.5 Å². The Morgan fingerprint density at radius 1 is 1.24 bits per heavy atom. The predicted octanol–water partition coefficient (Wildman–Crippen LogP) is 0.412. The molecule has 0 unspecified atom stereocenters. The van der Waals surface area contributed by atoms with Gasteiger partial charge in [-0.2, -0.15) is 0 Å². The molecule has 1 aromatic rings. The van der Waals surface area contributed by atoms with E-state index < -0.39 is 18.2 Å². The molecule has 3 atom stereocenters. The minimum atomic E-state index is -0.586. The third-order valence-corrected chi connectivity index (χ3v) is 4.37. The summed E-state index contributed by atoms with van der Waals surface area (Å²) >= 11 is 0. The van der Waals surface area contributed by atoms with E-state index in [2.05, 4.69) is 15.6 Å². The fraction of sp³-hybridized carbons (Fsp3) is 0.500. The van der Waals surface area contributed by atoms with Gasteiger partial charge >= 0.3 is 0 Å². The molecule has 25 heavy (non-hydrogen) atoms. The molecule has 3 rings (SSSR count). The third kappa shape index (κ3) is 5.11. The van der Waals surface area contributed by atoms with Gasteiger partial charge in [0.25, 0.3) is 5.91 Å². The van der Waals surface area contributed by atoms with Gasteiger partial charge in [0.2, 0.25) is 5.91 Å². The van der Waals surface area contributed by atoms with Gasteiger partial charge in [0.1, 0.15) is 6.10 Å². The van der Waals surface area contributed by atoms with Crippen molar-refractivity contribution in [3.63, 3.8) is 0 Å². The van der Waals surface area contributed by atoms with Crippen LogP contribution in [-0.4, -0.2) is 53.3 Å². The van der Waals surface area contributed by atoms with Gasteiger partial charge in [0.05, 0.1) is 25.2 Å². The van der Waals surface area contributed by atoms with Crippen LogP contribution in [0.3, 0.4) is 0 Å². The zero-order valence-corrected chi connectivity index (χ0v) is 13.9. The van der Waals surface area contributed by atoms with Crippen LogP contribution in [0.5, 0.6) is 0 Å². The summed E-state index contributed by atoms with van der Waals surface area (Å²) in [5.74, 6) is 0.307. The Hall–Kier alpha value is -2.25. The molecule has 3 N–H and O–H groups in total. The number of aromatic nitrogens is 1. The summed E-state index contributed by atoms with van der Waals surface area (Å²) in [4.78, 5) is 28.0. The Balaban J connectivity index is 1.53. The highest BCUT2D eigenvalue weighted by Crippen LogP contribution is 2.27. The van der Waals surface area contributed by atoms with Gasteiger partial charge in [0.15, 0.2) is 0 Å². The normalized spacial score (nSPS) is 25.4. The highest BCUT2D eigenvalue weighted by molar-refractivity contribution is 5.94. The number of carbonyl (C=O) groups is 2. The molecule has 1 aliphatic carbocycles. The van der Waals surface area contributed by atoms with Gasteiger partial charge in [-0.15, -0.1) is 0 Å². The summed E-state index contributed by atoms with van der Waals surface area (Å²) in [7, 11) is 0. The highest BCUT2D eigenvalue weighted by Gasteiger charge is 2.29. The molecular weight excluding hydrogens is 322 g/mol. The SMILES string of the molecule is O=C(C[C@H]1C=C[C@@H](NC(=O)c2ccncc2)[C@H](CO)O1)NCC1CC1. The molecule has 0 bridgehead atoms. The smallest absolute Gasteiger partial charge is 0.251 e. The molecule has 1 saturated carbocycles. The van der Waals surface area contributed by atoms with Crippen LogP contribution in [0.15, 0.2) is 36.7 Å². The first-order chi connectivity index (χ1) is 12.2.